The SMILES string of the molecule is CCC1CN(S(=O)(=O)c2ccc(C#CCO)cc2)CCS1. The van der Waals surface area contributed by atoms with Crippen LogP contribution in [0.3, 0.4) is 0 Å². The summed E-state index contributed by atoms with van der Waals surface area (Å²) in [6, 6.07) is 6.51. The van der Waals surface area contributed by atoms with Crippen molar-refractivity contribution < 1.29 is 13.5 Å². The van der Waals surface area contributed by atoms with Crippen molar-refractivity contribution in [3.63, 3.8) is 0 Å². The number of aliphatic hydroxyl groups excluding tert-OH is 1. The predicted molar refractivity (Wildman–Crippen MR) is 85.7 cm³/mol. The molecule has 0 spiro atoms. The van der Waals surface area contributed by atoms with E-state index in [1.54, 1.807) is 28.6 Å². The Hall–Kier alpha value is -1.00. The van der Waals surface area contributed by atoms with E-state index in [1.807, 2.05) is 11.8 Å². The van der Waals surface area contributed by atoms with Crippen molar-refractivity contribution in [1.29, 1.82) is 0 Å². The third kappa shape index (κ3) is 4.01. The summed E-state index contributed by atoms with van der Waals surface area (Å²) < 4.78 is 26.8. The van der Waals surface area contributed by atoms with Gasteiger partial charge in [0.25, 0.3) is 0 Å². The number of benzene rings is 1. The van der Waals surface area contributed by atoms with Crippen LogP contribution in [0.1, 0.15) is 18.9 Å². The second-order valence-electron chi connectivity index (χ2n) is 4.75. The van der Waals surface area contributed by atoms with Crippen LogP contribution in [0, 0.1) is 11.8 Å². The number of hydrogen-bond donors (Lipinski definition) is 1. The van der Waals surface area contributed by atoms with Crippen molar-refractivity contribution in [3.05, 3.63) is 29.8 Å². The molecule has 0 aliphatic carbocycles. The van der Waals surface area contributed by atoms with Crippen LogP contribution in [0.2, 0.25) is 0 Å². The molecule has 0 amide bonds. The molecule has 1 aromatic carbocycles. The van der Waals surface area contributed by atoms with Crippen molar-refractivity contribution in [1.82, 2.24) is 4.31 Å². The Kier molecular flexibility index (Phi) is 5.71. The lowest BCUT2D eigenvalue weighted by molar-refractivity contribution is 0.350. The van der Waals surface area contributed by atoms with Gasteiger partial charge in [-0.05, 0) is 30.7 Å². The first-order valence-electron chi connectivity index (χ1n) is 6.89. The van der Waals surface area contributed by atoms with E-state index in [-0.39, 0.29) is 6.61 Å². The maximum absolute atomic E-state index is 12.6. The van der Waals surface area contributed by atoms with Crippen LogP contribution >= 0.6 is 11.8 Å². The zero-order valence-corrected chi connectivity index (χ0v) is 13.6. The Morgan fingerprint density at radius 3 is 2.71 bits per heavy atom. The Balaban J connectivity index is 2.19. The molecule has 0 bridgehead atoms. The molecule has 0 saturated carbocycles. The minimum Gasteiger partial charge on any atom is -0.384 e. The van der Waals surface area contributed by atoms with Gasteiger partial charge in [0.2, 0.25) is 10.0 Å². The van der Waals surface area contributed by atoms with Crippen molar-refractivity contribution >= 4 is 21.8 Å². The van der Waals surface area contributed by atoms with Gasteiger partial charge >= 0.3 is 0 Å². The average Bonchev–Trinajstić information content (AvgIpc) is 2.53. The molecule has 1 atom stereocenters. The first-order chi connectivity index (χ1) is 10.1. The normalized spacial score (nSPS) is 19.8. The molecule has 2 rings (SSSR count). The largest absolute Gasteiger partial charge is 0.384 e. The lowest BCUT2D eigenvalue weighted by atomic mass is 10.2. The van der Waals surface area contributed by atoms with E-state index in [4.69, 9.17) is 5.11 Å². The smallest absolute Gasteiger partial charge is 0.243 e. The number of nitrogens with zero attached hydrogens (tertiary/aromatic N) is 1. The summed E-state index contributed by atoms with van der Waals surface area (Å²) in [4.78, 5) is 0.304. The van der Waals surface area contributed by atoms with Gasteiger partial charge in [0.15, 0.2) is 0 Å². The third-order valence-electron chi connectivity index (χ3n) is 3.36. The number of hydrogen-bond acceptors (Lipinski definition) is 4. The van der Waals surface area contributed by atoms with Crippen LogP contribution in [0.25, 0.3) is 0 Å². The maximum Gasteiger partial charge on any atom is 0.243 e. The van der Waals surface area contributed by atoms with E-state index in [9.17, 15) is 8.42 Å². The molecular weight excluding hydrogens is 306 g/mol. The predicted octanol–water partition coefficient (Wildman–Crippen LogP) is 1.55. The molecule has 114 valence electrons. The fraction of sp³-hybridized carbons (Fsp3) is 0.467. The zero-order chi connectivity index (χ0) is 15.3. The topological polar surface area (TPSA) is 57.6 Å². The van der Waals surface area contributed by atoms with E-state index >= 15 is 0 Å². The summed E-state index contributed by atoms with van der Waals surface area (Å²) in [5.41, 5.74) is 0.698. The van der Waals surface area contributed by atoms with Gasteiger partial charge in [-0.1, -0.05) is 18.8 Å². The van der Waals surface area contributed by atoms with Crippen molar-refractivity contribution in [2.24, 2.45) is 0 Å². The third-order valence-corrected chi connectivity index (χ3v) is 6.61. The van der Waals surface area contributed by atoms with Crippen molar-refractivity contribution in [3.8, 4) is 11.8 Å². The molecular formula is C15H19NO3S2. The number of aliphatic hydroxyl groups is 1. The molecule has 1 saturated heterocycles. The molecule has 1 aliphatic heterocycles. The second kappa shape index (κ2) is 7.32. The molecule has 0 radical (unpaired) electrons. The van der Waals surface area contributed by atoms with Crippen LogP contribution in [0.4, 0.5) is 0 Å². The summed E-state index contributed by atoms with van der Waals surface area (Å²) in [5, 5.41) is 9.03. The van der Waals surface area contributed by atoms with E-state index < -0.39 is 10.0 Å². The molecule has 1 heterocycles. The second-order valence-corrected chi connectivity index (χ2v) is 8.09. The summed E-state index contributed by atoms with van der Waals surface area (Å²) in [6.45, 7) is 3.03. The summed E-state index contributed by atoms with van der Waals surface area (Å²) in [5.74, 6) is 6.14. The number of thioether (sulfide) groups is 1. The van der Waals surface area contributed by atoms with Crippen molar-refractivity contribution in [2.45, 2.75) is 23.5 Å². The quantitative estimate of drug-likeness (QED) is 0.857. The van der Waals surface area contributed by atoms with Gasteiger partial charge < -0.3 is 5.11 Å². The number of sulfonamides is 1. The Bertz CT molecular complexity index is 629. The first kappa shape index (κ1) is 16.4. The molecule has 4 nitrogen and oxygen atoms in total. The van der Waals surface area contributed by atoms with E-state index in [0.717, 1.165) is 12.2 Å². The highest BCUT2D eigenvalue weighted by Gasteiger charge is 2.29. The summed E-state index contributed by atoms with van der Waals surface area (Å²) >= 11 is 1.84. The van der Waals surface area contributed by atoms with Crippen LogP contribution in [0.5, 0.6) is 0 Å². The van der Waals surface area contributed by atoms with E-state index in [0.29, 0.717) is 28.8 Å². The van der Waals surface area contributed by atoms with Crippen LogP contribution in [-0.4, -0.2) is 48.5 Å². The van der Waals surface area contributed by atoms with E-state index in [1.165, 1.54) is 0 Å². The summed E-state index contributed by atoms with van der Waals surface area (Å²) in [6.07, 6.45) is 0.979. The van der Waals surface area contributed by atoms with Gasteiger partial charge in [0.05, 0.1) is 4.90 Å². The highest BCUT2D eigenvalue weighted by Crippen LogP contribution is 2.26. The van der Waals surface area contributed by atoms with E-state index in [2.05, 4.69) is 18.8 Å². The Morgan fingerprint density at radius 2 is 2.10 bits per heavy atom. The molecule has 1 unspecified atom stereocenters. The van der Waals surface area contributed by atoms with Crippen molar-refractivity contribution in [2.75, 3.05) is 25.4 Å². The summed E-state index contributed by atoms with van der Waals surface area (Å²) in [7, 11) is -3.42. The molecule has 1 aromatic rings. The molecule has 6 heteroatoms. The first-order valence-corrected chi connectivity index (χ1v) is 9.38. The van der Waals surface area contributed by atoms with Crippen LogP contribution in [0.15, 0.2) is 29.2 Å². The minimum absolute atomic E-state index is 0.204. The molecule has 1 N–H and O–H groups in total. The molecule has 0 aromatic heterocycles. The molecule has 1 aliphatic rings. The lowest BCUT2D eigenvalue weighted by Crippen LogP contribution is -2.41. The fourth-order valence-electron chi connectivity index (χ4n) is 2.16. The van der Waals surface area contributed by atoms with Gasteiger partial charge in [-0.15, -0.1) is 0 Å². The molecule has 21 heavy (non-hydrogen) atoms. The average molecular weight is 325 g/mol. The monoisotopic (exact) mass is 325 g/mol. The number of rotatable bonds is 3. The molecule has 1 fully saturated rings. The lowest BCUT2D eigenvalue weighted by Gasteiger charge is -2.31. The standard InChI is InChI=1S/C15H19NO3S2/c1-2-14-12-16(9-11-20-14)21(18,19)15-7-5-13(6-8-15)4-3-10-17/h5-8,14,17H,2,9-12H2,1H3. The van der Waals surface area contributed by atoms with Crippen LogP contribution < -0.4 is 0 Å². The van der Waals surface area contributed by atoms with Gasteiger partial charge in [-0.3, -0.25) is 0 Å². The van der Waals surface area contributed by atoms with Gasteiger partial charge in [0, 0.05) is 29.7 Å². The highest BCUT2D eigenvalue weighted by molar-refractivity contribution is 8.00. The fourth-order valence-corrected chi connectivity index (χ4v) is 5.03. The van der Waals surface area contributed by atoms with Gasteiger partial charge in [0.1, 0.15) is 6.61 Å². The maximum atomic E-state index is 12.6. The minimum atomic E-state index is -3.42. The Morgan fingerprint density at radius 1 is 1.38 bits per heavy atom. The highest BCUT2D eigenvalue weighted by atomic mass is 32.2. The Labute approximate surface area is 130 Å². The zero-order valence-electron chi connectivity index (χ0n) is 11.9. The van der Waals surface area contributed by atoms with Gasteiger partial charge in [-0.2, -0.15) is 16.1 Å². The van der Waals surface area contributed by atoms with Gasteiger partial charge in [-0.25, -0.2) is 8.42 Å². The van der Waals surface area contributed by atoms with Crippen LogP contribution in [-0.2, 0) is 10.0 Å².